The molecule has 1 atom stereocenters. The lowest BCUT2D eigenvalue weighted by Crippen LogP contribution is -2.34. The second-order valence-electron chi connectivity index (χ2n) is 5.75. The fourth-order valence-corrected chi connectivity index (χ4v) is 1.75. The molecule has 2 heterocycles. The monoisotopic (exact) mass is 249 g/mol. The Morgan fingerprint density at radius 1 is 1.39 bits per heavy atom. The molecule has 0 fully saturated rings. The second kappa shape index (κ2) is 4.24. The van der Waals surface area contributed by atoms with Crippen LogP contribution in [0.4, 0.5) is 0 Å². The molecule has 18 heavy (non-hydrogen) atoms. The van der Waals surface area contributed by atoms with Gasteiger partial charge in [0, 0.05) is 12.4 Å². The van der Waals surface area contributed by atoms with Gasteiger partial charge in [0.1, 0.15) is 5.52 Å². The molecule has 0 radical (unpaired) electrons. The van der Waals surface area contributed by atoms with Gasteiger partial charge in [-0.3, -0.25) is 4.79 Å². The van der Waals surface area contributed by atoms with E-state index in [2.05, 4.69) is 5.10 Å². The van der Waals surface area contributed by atoms with Crippen LogP contribution in [0.2, 0.25) is 0 Å². The maximum absolute atomic E-state index is 12.2. The highest BCUT2D eigenvalue weighted by Crippen LogP contribution is 2.19. The Kier molecular flexibility index (Phi) is 3.02. The first kappa shape index (κ1) is 12.8. The highest BCUT2D eigenvalue weighted by molar-refractivity contribution is 5.44. The van der Waals surface area contributed by atoms with E-state index in [4.69, 9.17) is 0 Å². The second-order valence-corrected chi connectivity index (χ2v) is 5.75. The fourth-order valence-electron chi connectivity index (χ4n) is 1.75. The van der Waals surface area contributed by atoms with Gasteiger partial charge in [0.15, 0.2) is 0 Å². The zero-order valence-electron chi connectivity index (χ0n) is 11.2. The lowest BCUT2D eigenvalue weighted by molar-refractivity contribution is 0.0472. The van der Waals surface area contributed by atoms with Gasteiger partial charge in [-0.1, -0.05) is 20.8 Å². The molecule has 1 N–H and O–H groups in total. The third kappa shape index (κ3) is 2.31. The standard InChI is InChI=1S/C13H19N3O2/c1-9-7-10-12(18)15(5-6-16(10)14-9)8-11(17)13(2,3)4/h5-7,11,17H,8H2,1-4H3. The number of aliphatic hydroxyl groups excluding tert-OH is 1. The van der Waals surface area contributed by atoms with Crippen molar-refractivity contribution in [1.29, 1.82) is 0 Å². The summed E-state index contributed by atoms with van der Waals surface area (Å²) in [4.78, 5) is 12.2. The van der Waals surface area contributed by atoms with Crippen molar-refractivity contribution in [3.63, 3.8) is 0 Å². The molecule has 98 valence electrons. The van der Waals surface area contributed by atoms with Crippen molar-refractivity contribution in [3.05, 3.63) is 34.5 Å². The molecule has 1 unspecified atom stereocenters. The summed E-state index contributed by atoms with van der Waals surface area (Å²) >= 11 is 0. The summed E-state index contributed by atoms with van der Waals surface area (Å²) in [5, 5.41) is 14.2. The van der Waals surface area contributed by atoms with Gasteiger partial charge in [-0.2, -0.15) is 5.10 Å². The number of hydrogen-bond donors (Lipinski definition) is 1. The third-order valence-electron chi connectivity index (χ3n) is 3.09. The maximum atomic E-state index is 12.2. The first-order valence-electron chi connectivity index (χ1n) is 6.02. The van der Waals surface area contributed by atoms with Crippen LogP contribution >= 0.6 is 0 Å². The minimum absolute atomic E-state index is 0.124. The lowest BCUT2D eigenvalue weighted by atomic mass is 9.89. The molecule has 2 aromatic heterocycles. The summed E-state index contributed by atoms with van der Waals surface area (Å²) in [5.41, 5.74) is 0.973. The van der Waals surface area contributed by atoms with E-state index in [0.717, 1.165) is 5.69 Å². The van der Waals surface area contributed by atoms with Crippen molar-refractivity contribution >= 4 is 5.52 Å². The van der Waals surface area contributed by atoms with Gasteiger partial charge in [-0.05, 0) is 18.4 Å². The number of fused-ring (bicyclic) bond motifs is 1. The van der Waals surface area contributed by atoms with Crippen LogP contribution in [0.3, 0.4) is 0 Å². The molecule has 0 saturated heterocycles. The number of nitrogens with zero attached hydrogens (tertiary/aromatic N) is 3. The molecule has 0 bridgehead atoms. The summed E-state index contributed by atoms with van der Waals surface area (Å²) in [6.45, 7) is 7.99. The van der Waals surface area contributed by atoms with Gasteiger partial charge >= 0.3 is 0 Å². The van der Waals surface area contributed by atoms with Crippen molar-refractivity contribution in [1.82, 2.24) is 14.2 Å². The molecular weight excluding hydrogens is 230 g/mol. The number of rotatable bonds is 2. The number of aromatic nitrogens is 3. The summed E-state index contributed by atoms with van der Waals surface area (Å²) in [6, 6.07) is 1.75. The van der Waals surface area contributed by atoms with Crippen LogP contribution in [0, 0.1) is 12.3 Å². The smallest absolute Gasteiger partial charge is 0.276 e. The summed E-state index contributed by atoms with van der Waals surface area (Å²) < 4.78 is 3.10. The fraction of sp³-hybridized carbons (Fsp3) is 0.538. The quantitative estimate of drug-likeness (QED) is 0.870. The Morgan fingerprint density at radius 3 is 2.67 bits per heavy atom. The zero-order chi connectivity index (χ0) is 13.5. The minimum Gasteiger partial charge on any atom is -0.391 e. The van der Waals surface area contributed by atoms with Crippen LogP contribution in [-0.2, 0) is 6.54 Å². The van der Waals surface area contributed by atoms with Crippen LogP contribution in [0.25, 0.3) is 5.52 Å². The van der Waals surface area contributed by atoms with Crippen LogP contribution in [0.1, 0.15) is 26.5 Å². The average Bonchev–Trinajstić information content (AvgIpc) is 2.62. The Hall–Kier alpha value is -1.62. The summed E-state index contributed by atoms with van der Waals surface area (Å²) in [5.74, 6) is 0. The number of aliphatic hydroxyl groups is 1. The predicted octanol–water partition coefficient (Wildman–Crippen LogP) is 1.21. The zero-order valence-corrected chi connectivity index (χ0v) is 11.2. The topological polar surface area (TPSA) is 59.5 Å². The highest BCUT2D eigenvalue weighted by atomic mass is 16.3. The highest BCUT2D eigenvalue weighted by Gasteiger charge is 2.23. The molecule has 2 rings (SSSR count). The molecule has 5 heteroatoms. The van der Waals surface area contributed by atoms with E-state index in [9.17, 15) is 9.90 Å². The van der Waals surface area contributed by atoms with Crippen LogP contribution in [0.15, 0.2) is 23.3 Å². The van der Waals surface area contributed by atoms with Crippen molar-refractivity contribution in [2.75, 3.05) is 0 Å². The van der Waals surface area contributed by atoms with E-state index in [1.165, 1.54) is 4.57 Å². The Balaban J connectivity index is 2.41. The van der Waals surface area contributed by atoms with E-state index in [-0.39, 0.29) is 11.0 Å². The van der Waals surface area contributed by atoms with E-state index < -0.39 is 6.10 Å². The van der Waals surface area contributed by atoms with Crippen molar-refractivity contribution in [2.24, 2.45) is 5.41 Å². The van der Waals surface area contributed by atoms with Crippen LogP contribution in [0.5, 0.6) is 0 Å². The van der Waals surface area contributed by atoms with E-state index in [0.29, 0.717) is 12.1 Å². The van der Waals surface area contributed by atoms with Gasteiger partial charge in [0.25, 0.3) is 5.56 Å². The molecular formula is C13H19N3O2. The SMILES string of the molecule is Cc1cc2c(=O)n(CC(O)C(C)(C)C)ccn2n1. The lowest BCUT2D eigenvalue weighted by Gasteiger charge is -2.26. The largest absolute Gasteiger partial charge is 0.391 e. The summed E-state index contributed by atoms with van der Waals surface area (Å²) in [6.07, 6.45) is 2.83. The molecule has 0 aliphatic heterocycles. The Morgan fingerprint density at radius 2 is 2.06 bits per heavy atom. The minimum atomic E-state index is -0.568. The molecule has 0 spiro atoms. The van der Waals surface area contributed by atoms with E-state index in [1.54, 1.807) is 23.0 Å². The van der Waals surface area contributed by atoms with Gasteiger partial charge < -0.3 is 9.67 Å². The summed E-state index contributed by atoms with van der Waals surface area (Å²) in [7, 11) is 0. The van der Waals surface area contributed by atoms with E-state index >= 15 is 0 Å². The van der Waals surface area contributed by atoms with Gasteiger partial charge in [0.05, 0.1) is 18.3 Å². The first-order chi connectivity index (χ1) is 8.29. The molecule has 0 saturated carbocycles. The predicted molar refractivity (Wildman–Crippen MR) is 69.7 cm³/mol. The van der Waals surface area contributed by atoms with Gasteiger partial charge in [-0.25, -0.2) is 4.52 Å². The maximum Gasteiger partial charge on any atom is 0.276 e. The normalized spacial score (nSPS) is 14.1. The van der Waals surface area contributed by atoms with Crippen molar-refractivity contribution < 1.29 is 5.11 Å². The number of hydrogen-bond acceptors (Lipinski definition) is 3. The molecule has 0 aromatic carbocycles. The average molecular weight is 249 g/mol. The number of aryl methyl sites for hydroxylation is 1. The molecule has 0 aliphatic carbocycles. The Labute approximate surface area is 106 Å². The Bertz CT molecular complexity index is 619. The van der Waals surface area contributed by atoms with E-state index in [1.807, 2.05) is 27.7 Å². The first-order valence-corrected chi connectivity index (χ1v) is 6.02. The molecule has 2 aromatic rings. The van der Waals surface area contributed by atoms with Crippen molar-refractivity contribution in [3.8, 4) is 0 Å². The van der Waals surface area contributed by atoms with Gasteiger partial charge in [-0.15, -0.1) is 0 Å². The van der Waals surface area contributed by atoms with Crippen molar-refractivity contribution in [2.45, 2.75) is 40.3 Å². The molecule has 0 aliphatic rings. The van der Waals surface area contributed by atoms with Gasteiger partial charge in [0.2, 0.25) is 0 Å². The van der Waals surface area contributed by atoms with Crippen LogP contribution in [-0.4, -0.2) is 25.4 Å². The molecule has 0 amide bonds. The van der Waals surface area contributed by atoms with Crippen LogP contribution < -0.4 is 5.56 Å². The third-order valence-corrected chi connectivity index (χ3v) is 3.09. The molecule has 5 nitrogen and oxygen atoms in total.